The number of nitrogens with one attached hydrogen (secondary N) is 2. The van der Waals surface area contributed by atoms with Gasteiger partial charge in [-0.3, -0.25) is 9.52 Å². The average molecular weight is 496 g/mol. The van der Waals surface area contributed by atoms with Gasteiger partial charge in [-0.2, -0.15) is 4.31 Å². The van der Waals surface area contributed by atoms with Crippen molar-refractivity contribution < 1.29 is 26.4 Å². The van der Waals surface area contributed by atoms with Gasteiger partial charge >= 0.3 is 0 Å². The van der Waals surface area contributed by atoms with Crippen LogP contribution in [0.25, 0.3) is 0 Å². The van der Waals surface area contributed by atoms with Gasteiger partial charge in [-0.1, -0.05) is 18.9 Å². The van der Waals surface area contributed by atoms with Crippen LogP contribution in [0.4, 0.5) is 11.4 Å². The molecule has 1 heterocycles. The van der Waals surface area contributed by atoms with Gasteiger partial charge in [-0.05, 0) is 55.7 Å². The van der Waals surface area contributed by atoms with E-state index in [4.69, 9.17) is 4.74 Å². The fourth-order valence-electron chi connectivity index (χ4n) is 3.65. The summed E-state index contributed by atoms with van der Waals surface area (Å²) in [6.45, 7) is 2.60. The van der Waals surface area contributed by atoms with E-state index in [1.807, 2.05) is 0 Å². The van der Waals surface area contributed by atoms with Gasteiger partial charge < -0.3 is 10.1 Å². The zero-order chi connectivity index (χ0) is 24.2. The van der Waals surface area contributed by atoms with Crippen molar-refractivity contribution in [2.75, 3.05) is 36.5 Å². The Labute approximate surface area is 195 Å². The van der Waals surface area contributed by atoms with Crippen LogP contribution in [0.3, 0.4) is 0 Å². The molecular formula is C22H29N3O6S2. The molecule has 0 aliphatic carbocycles. The number of carbonyl (C=O) groups excluding carboxylic acids is 1. The Morgan fingerprint density at radius 3 is 2.24 bits per heavy atom. The molecule has 0 atom stereocenters. The molecule has 1 saturated heterocycles. The van der Waals surface area contributed by atoms with Crippen molar-refractivity contribution in [1.29, 1.82) is 0 Å². The van der Waals surface area contributed by atoms with Gasteiger partial charge in [0.1, 0.15) is 10.6 Å². The largest absolute Gasteiger partial charge is 0.495 e. The Morgan fingerprint density at radius 1 is 0.970 bits per heavy atom. The number of sulfonamides is 2. The maximum Gasteiger partial charge on any atom is 0.255 e. The van der Waals surface area contributed by atoms with Crippen LogP contribution < -0.4 is 14.8 Å². The number of aryl methyl sites for hydroxylation is 1. The second-order valence-corrected chi connectivity index (χ2v) is 11.7. The number of nitrogens with zero attached hydrogens (tertiary/aromatic N) is 1. The third-order valence-corrected chi connectivity index (χ3v) is 7.91. The van der Waals surface area contributed by atoms with Gasteiger partial charge in [0, 0.05) is 24.3 Å². The standard InChI is InChI=1S/C22H29N3O6S2/c1-16-8-10-18(15-19(16)24-32(3,27)28)23-22(26)17-9-11-20(31-2)21(14-17)33(29,30)25-12-6-4-5-7-13-25/h8-11,14-15,24H,4-7,12-13H2,1-3H3,(H,23,26). The molecule has 1 fully saturated rings. The maximum atomic E-state index is 13.3. The molecule has 1 amide bonds. The molecule has 0 bridgehead atoms. The predicted octanol–water partition coefficient (Wildman–Crippen LogP) is 3.19. The van der Waals surface area contributed by atoms with E-state index in [1.54, 1.807) is 19.1 Å². The molecule has 33 heavy (non-hydrogen) atoms. The van der Waals surface area contributed by atoms with Crippen molar-refractivity contribution in [3.63, 3.8) is 0 Å². The molecule has 2 aromatic carbocycles. The molecule has 1 aliphatic rings. The number of hydrogen-bond donors (Lipinski definition) is 2. The number of carbonyl (C=O) groups is 1. The summed E-state index contributed by atoms with van der Waals surface area (Å²) in [7, 11) is -5.94. The van der Waals surface area contributed by atoms with E-state index in [-0.39, 0.29) is 16.2 Å². The zero-order valence-electron chi connectivity index (χ0n) is 18.9. The van der Waals surface area contributed by atoms with Crippen LogP contribution in [0.1, 0.15) is 41.6 Å². The normalized spacial score (nSPS) is 15.5. The smallest absolute Gasteiger partial charge is 0.255 e. The first-order valence-electron chi connectivity index (χ1n) is 10.6. The summed E-state index contributed by atoms with van der Waals surface area (Å²) >= 11 is 0. The Morgan fingerprint density at radius 2 is 1.64 bits per heavy atom. The Balaban J connectivity index is 1.90. The average Bonchev–Trinajstić information content (AvgIpc) is 3.05. The van der Waals surface area contributed by atoms with E-state index in [9.17, 15) is 21.6 Å². The van der Waals surface area contributed by atoms with E-state index in [0.29, 0.717) is 30.0 Å². The van der Waals surface area contributed by atoms with Crippen LogP contribution >= 0.6 is 0 Å². The zero-order valence-corrected chi connectivity index (χ0v) is 20.6. The van der Waals surface area contributed by atoms with Crippen LogP contribution in [-0.4, -0.2) is 53.5 Å². The molecule has 3 rings (SSSR count). The minimum Gasteiger partial charge on any atom is -0.495 e. The minimum absolute atomic E-state index is 0.0529. The monoisotopic (exact) mass is 495 g/mol. The van der Waals surface area contributed by atoms with Gasteiger partial charge in [0.2, 0.25) is 20.0 Å². The molecule has 11 heteroatoms. The number of amides is 1. The number of benzene rings is 2. The molecule has 0 unspecified atom stereocenters. The molecule has 2 aromatic rings. The lowest BCUT2D eigenvalue weighted by atomic mass is 10.1. The summed E-state index contributed by atoms with van der Waals surface area (Å²) < 4.78 is 58.9. The van der Waals surface area contributed by atoms with Crippen molar-refractivity contribution in [1.82, 2.24) is 4.31 Å². The first-order chi connectivity index (χ1) is 15.5. The Bertz CT molecular complexity index is 1230. The molecule has 180 valence electrons. The molecule has 0 spiro atoms. The summed E-state index contributed by atoms with van der Waals surface area (Å²) in [4.78, 5) is 12.9. The highest BCUT2D eigenvalue weighted by molar-refractivity contribution is 7.92. The van der Waals surface area contributed by atoms with Crippen LogP contribution in [0, 0.1) is 6.92 Å². The Hall–Kier alpha value is -2.63. The van der Waals surface area contributed by atoms with Gasteiger partial charge in [-0.15, -0.1) is 0 Å². The second kappa shape index (κ2) is 10.1. The van der Waals surface area contributed by atoms with Gasteiger partial charge in [0.05, 0.1) is 19.1 Å². The predicted molar refractivity (Wildman–Crippen MR) is 128 cm³/mol. The first kappa shape index (κ1) is 25.0. The number of ether oxygens (including phenoxy) is 1. The van der Waals surface area contributed by atoms with Crippen molar-refractivity contribution in [2.45, 2.75) is 37.5 Å². The lowest BCUT2D eigenvalue weighted by Crippen LogP contribution is -2.32. The molecular weight excluding hydrogens is 466 g/mol. The SMILES string of the molecule is COc1ccc(C(=O)Nc2ccc(C)c(NS(C)(=O)=O)c2)cc1S(=O)(=O)N1CCCCCC1. The van der Waals surface area contributed by atoms with Gasteiger partial charge in [0.25, 0.3) is 5.91 Å². The number of hydrogen-bond acceptors (Lipinski definition) is 6. The summed E-state index contributed by atoms with van der Waals surface area (Å²) in [6.07, 6.45) is 4.59. The highest BCUT2D eigenvalue weighted by Crippen LogP contribution is 2.30. The van der Waals surface area contributed by atoms with Crippen molar-refractivity contribution in [2.24, 2.45) is 0 Å². The van der Waals surface area contributed by atoms with Crippen LogP contribution in [0.2, 0.25) is 0 Å². The quantitative estimate of drug-likeness (QED) is 0.608. The van der Waals surface area contributed by atoms with Gasteiger partial charge in [-0.25, -0.2) is 16.8 Å². The lowest BCUT2D eigenvalue weighted by molar-refractivity contribution is 0.102. The van der Waals surface area contributed by atoms with Crippen LogP contribution in [0.15, 0.2) is 41.3 Å². The molecule has 0 radical (unpaired) electrons. The number of anilines is 2. The van der Waals surface area contributed by atoms with Crippen molar-refractivity contribution in [3.8, 4) is 5.75 Å². The number of methoxy groups -OCH3 is 1. The number of rotatable bonds is 7. The van der Waals surface area contributed by atoms with E-state index < -0.39 is 26.0 Å². The summed E-state index contributed by atoms with van der Waals surface area (Å²) in [5.41, 5.74) is 1.54. The van der Waals surface area contributed by atoms with Crippen LogP contribution in [0.5, 0.6) is 5.75 Å². The van der Waals surface area contributed by atoms with E-state index in [0.717, 1.165) is 31.9 Å². The first-order valence-corrected chi connectivity index (χ1v) is 13.9. The summed E-state index contributed by atoms with van der Waals surface area (Å²) in [6, 6.07) is 9.08. The minimum atomic E-state index is -3.84. The van der Waals surface area contributed by atoms with E-state index >= 15 is 0 Å². The molecule has 0 aromatic heterocycles. The highest BCUT2D eigenvalue weighted by atomic mass is 32.2. The summed E-state index contributed by atoms with van der Waals surface area (Å²) in [5, 5.41) is 2.69. The fourth-order valence-corrected chi connectivity index (χ4v) is 5.97. The highest BCUT2D eigenvalue weighted by Gasteiger charge is 2.29. The van der Waals surface area contributed by atoms with Crippen molar-refractivity contribution in [3.05, 3.63) is 47.5 Å². The Kier molecular flexibility index (Phi) is 7.65. The second-order valence-electron chi connectivity index (χ2n) is 8.04. The van der Waals surface area contributed by atoms with Crippen LogP contribution in [-0.2, 0) is 20.0 Å². The topological polar surface area (TPSA) is 122 Å². The van der Waals surface area contributed by atoms with E-state index in [1.165, 1.54) is 35.7 Å². The molecule has 0 saturated carbocycles. The molecule has 1 aliphatic heterocycles. The third kappa shape index (κ3) is 6.24. The molecule has 9 nitrogen and oxygen atoms in total. The maximum absolute atomic E-state index is 13.3. The summed E-state index contributed by atoms with van der Waals surface area (Å²) in [5.74, 6) is -0.357. The fraction of sp³-hybridized carbons (Fsp3) is 0.409. The van der Waals surface area contributed by atoms with Crippen molar-refractivity contribution >= 4 is 37.3 Å². The van der Waals surface area contributed by atoms with E-state index in [2.05, 4.69) is 10.0 Å². The van der Waals surface area contributed by atoms with Gasteiger partial charge in [0.15, 0.2) is 0 Å². The third-order valence-electron chi connectivity index (χ3n) is 5.40. The lowest BCUT2D eigenvalue weighted by Gasteiger charge is -2.21. The molecule has 2 N–H and O–H groups in total.